The van der Waals surface area contributed by atoms with Gasteiger partial charge < -0.3 is 14.8 Å². The number of hydrogen-bond donors (Lipinski definition) is 1. The average molecular weight is 374 g/mol. The molecule has 1 fully saturated rings. The summed E-state index contributed by atoms with van der Waals surface area (Å²) in [5.41, 5.74) is -0.577. The topological polar surface area (TPSA) is 106 Å². The Kier molecular flexibility index (Phi) is 4.56. The lowest BCUT2D eigenvalue weighted by Crippen LogP contribution is -2.39. The fraction of sp³-hybridized carbons (Fsp3) is 0.471. The summed E-state index contributed by atoms with van der Waals surface area (Å²) in [6.07, 6.45) is 1.39. The lowest BCUT2D eigenvalue weighted by atomic mass is 9.95. The number of nitro benzene ring substituents is 1. The van der Waals surface area contributed by atoms with Crippen LogP contribution in [-0.2, 0) is 13.1 Å². The van der Waals surface area contributed by atoms with E-state index in [4.69, 9.17) is 0 Å². The molecule has 0 aliphatic carbocycles. The van der Waals surface area contributed by atoms with Crippen LogP contribution in [0.4, 0.5) is 10.1 Å². The zero-order valence-corrected chi connectivity index (χ0v) is 14.6. The van der Waals surface area contributed by atoms with Crippen LogP contribution in [0.5, 0.6) is 0 Å². The molecule has 1 N–H and O–H groups in total. The second-order valence-corrected chi connectivity index (χ2v) is 6.79. The van der Waals surface area contributed by atoms with Crippen molar-refractivity contribution in [1.29, 1.82) is 0 Å². The predicted molar refractivity (Wildman–Crippen MR) is 92.7 cm³/mol. The van der Waals surface area contributed by atoms with E-state index in [-0.39, 0.29) is 17.2 Å². The Labute approximate surface area is 154 Å². The molecular formula is C17H19FN6O3. The number of carbonyl (C=O) groups excluding carboxylic acids is 1. The van der Waals surface area contributed by atoms with Crippen molar-refractivity contribution in [3.63, 3.8) is 0 Å². The number of nitrogens with zero attached hydrogens (tertiary/aromatic N) is 5. The molecule has 10 heteroatoms. The van der Waals surface area contributed by atoms with Crippen LogP contribution in [0.2, 0.25) is 0 Å². The summed E-state index contributed by atoms with van der Waals surface area (Å²) in [6, 6.07) is 2.96. The minimum absolute atomic E-state index is 0.191. The number of rotatable bonds is 3. The summed E-state index contributed by atoms with van der Waals surface area (Å²) in [4.78, 5) is 24.8. The Bertz CT molecular complexity index is 891. The molecular weight excluding hydrogens is 355 g/mol. The van der Waals surface area contributed by atoms with Crippen molar-refractivity contribution in [2.75, 3.05) is 19.6 Å². The molecule has 0 bridgehead atoms. The number of amides is 1. The van der Waals surface area contributed by atoms with Crippen molar-refractivity contribution < 1.29 is 14.1 Å². The number of halogens is 1. The molecule has 9 nitrogen and oxygen atoms in total. The SMILES string of the molecule is O=C(c1cc(F)ccc1[N+](=O)[O-])N1CCC(c2nnc3n2CCNC3)CC1. The van der Waals surface area contributed by atoms with E-state index in [9.17, 15) is 19.3 Å². The van der Waals surface area contributed by atoms with Gasteiger partial charge in [-0.15, -0.1) is 10.2 Å². The van der Waals surface area contributed by atoms with Crippen molar-refractivity contribution >= 4 is 11.6 Å². The van der Waals surface area contributed by atoms with Gasteiger partial charge in [-0.25, -0.2) is 4.39 Å². The van der Waals surface area contributed by atoms with Crippen LogP contribution in [0.3, 0.4) is 0 Å². The number of fused-ring (bicyclic) bond motifs is 1. The first-order valence-electron chi connectivity index (χ1n) is 8.90. The van der Waals surface area contributed by atoms with E-state index in [2.05, 4.69) is 20.1 Å². The number of nitrogens with one attached hydrogen (secondary N) is 1. The van der Waals surface area contributed by atoms with Crippen LogP contribution >= 0.6 is 0 Å². The van der Waals surface area contributed by atoms with Crippen molar-refractivity contribution in [2.24, 2.45) is 0 Å². The Morgan fingerprint density at radius 1 is 1.26 bits per heavy atom. The van der Waals surface area contributed by atoms with Gasteiger partial charge in [0.05, 0.1) is 11.5 Å². The molecule has 0 spiro atoms. The lowest BCUT2D eigenvalue weighted by molar-refractivity contribution is -0.385. The highest BCUT2D eigenvalue weighted by Crippen LogP contribution is 2.30. The third-order valence-corrected chi connectivity index (χ3v) is 5.18. The number of benzene rings is 1. The Morgan fingerprint density at radius 2 is 2.04 bits per heavy atom. The quantitative estimate of drug-likeness (QED) is 0.644. The van der Waals surface area contributed by atoms with Gasteiger partial charge in [-0.2, -0.15) is 0 Å². The molecule has 4 rings (SSSR count). The van der Waals surface area contributed by atoms with Crippen LogP contribution in [-0.4, -0.2) is 50.1 Å². The van der Waals surface area contributed by atoms with Crippen LogP contribution < -0.4 is 5.32 Å². The first-order chi connectivity index (χ1) is 13.0. The number of nitro groups is 1. The van der Waals surface area contributed by atoms with Gasteiger partial charge in [0, 0.05) is 38.2 Å². The van der Waals surface area contributed by atoms with E-state index < -0.39 is 16.6 Å². The molecule has 1 aromatic heterocycles. The monoisotopic (exact) mass is 374 g/mol. The third-order valence-electron chi connectivity index (χ3n) is 5.18. The van der Waals surface area contributed by atoms with E-state index in [0.717, 1.165) is 42.9 Å². The number of piperidine rings is 1. The van der Waals surface area contributed by atoms with Gasteiger partial charge in [0.15, 0.2) is 0 Å². The Balaban J connectivity index is 1.48. The van der Waals surface area contributed by atoms with Gasteiger partial charge in [-0.1, -0.05) is 0 Å². The summed E-state index contributed by atoms with van der Waals surface area (Å²) in [7, 11) is 0. The van der Waals surface area contributed by atoms with Crippen LogP contribution in [0, 0.1) is 15.9 Å². The van der Waals surface area contributed by atoms with Crippen molar-refractivity contribution in [3.8, 4) is 0 Å². The Morgan fingerprint density at radius 3 is 2.78 bits per heavy atom. The summed E-state index contributed by atoms with van der Waals surface area (Å²) < 4.78 is 15.7. The molecule has 2 aliphatic heterocycles. The third kappa shape index (κ3) is 3.27. The maximum Gasteiger partial charge on any atom is 0.282 e. The first-order valence-corrected chi connectivity index (χ1v) is 8.90. The molecule has 0 unspecified atom stereocenters. The number of hydrogen-bond acceptors (Lipinski definition) is 6. The van der Waals surface area contributed by atoms with Crippen molar-refractivity contribution in [3.05, 3.63) is 51.3 Å². The normalized spacial score (nSPS) is 17.6. The molecule has 0 radical (unpaired) electrons. The van der Waals surface area contributed by atoms with E-state index in [1.165, 1.54) is 0 Å². The molecule has 0 saturated carbocycles. The molecule has 1 amide bonds. The maximum absolute atomic E-state index is 13.5. The number of aromatic nitrogens is 3. The number of likely N-dealkylation sites (tertiary alicyclic amines) is 1. The molecule has 0 atom stereocenters. The average Bonchev–Trinajstić information content (AvgIpc) is 3.11. The van der Waals surface area contributed by atoms with Crippen molar-refractivity contribution in [2.45, 2.75) is 31.8 Å². The molecule has 1 aromatic carbocycles. The smallest absolute Gasteiger partial charge is 0.282 e. The van der Waals surface area contributed by atoms with E-state index in [0.29, 0.717) is 32.5 Å². The minimum atomic E-state index is -0.664. The van der Waals surface area contributed by atoms with Crippen LogP contribution in [0.25, 0.3) is 0 Å². The lowest BCUT2D eigenvalue weighted by Gasteiger charge is -2.32. The fourth-order valence-electron chi connectivity index (χ4n) is 3.77. The standard InChI is InChI=1S/C17H19FN6O3/c18-12-1-2-14(24(26)27)13(9-12)17(25)22-6-3-11(4-7-22)16-21-20-15-10-19-5-8-23(15)16/h1-2,9,11,19H,3-8,10H2. The van der Waals surface area contributed by atoms with Crippen molar-refractivity contribution in [1.82, 2.24) is 25.0 Å². The first kappa shape index (κ1) is 17.5. The zero-order chi connectivity index (χ0) is 19.0. The fourth-order valence-corrected chi connectivity index (χ4v) is 3.77. The van der Waals surface area contributed by atoms with Gasteiger partial charge in [0.25, 0.3) is 11.6 Å². The molecule has 142 valence electrons. The molecule has 27 heavy (non-hydrogen) atoms. The number of carbonyl (C=O) groups is 1. The highest BCUT2D eigenvalue weighted by molar-refractivity contribution is 5.98. The maximum atomic E-state index is 13.5. The molecule has 2 aromatic rings. The molecule has 1 saturated heterocycles. The van der Waals surface area contributed by atoms with E-state index >= 15 is 0 Å². The second kappa shape index (κ2) is 7.03. The van der Waals surface area contributed by atoms with Gasteiger partial charge in [-0.05, 0) is 25.0 Å². The highest BCUT2D eigenvalue weighted by atomic mass is 19.1. The second-order valence-electron chi connectivity index (χ2n) is 6.79. The molecule has 3 heterocycles. The predicted octanol–water partition coefficient (Wildman–Crippen LogP) is 1.45. The van der Waals surface area contributed by atoms with Gasteiger partial charge in [0.2, 0.25) is 0 Å². The summed E-state index contributed by atoms with van der Waals surface area (Å²) in [5, 5.41) is 23.0. The highest BCUT2D eigenvalue weighted by Gasteiger charge is 2.31. The van der Waals surface area contributed by atoms with E-state index in [1.54, 1.807) is 4.90 Å². The van der Waals surface area contributed by atoms with Crippen LogP contribution in [0.15, 0.2) is 18.2 Å². The van der Waals surface area contributed by atoms with Gasteiger partial charge in [0.1, 0.15) is 23.0 Å². The largest absolute Gasteiger partial charge is 0.338 e. The Hall–Kier alpha value is -2.88. The zero-order valence-electron chi connectivity index (χ0n) is 14.6. The van der Waals surface area contributed by atoms with Gasteiger partial charge in [-0.3, -0.25) is 14.9 Å². The van der Waals surface area contributed by atoms with Crippen LogP contribution in [0.1, 0.15) is 40.8 Å². The molecule has 2 aliphatic rings. The summed E-state index contributed by atoms with van der Waals surface area (Å²) >= 11 is 0. The van der Waals surface area contributed by atoms with E-state index in [1.807, 2.05) is 0 Å². The van der Waals surface area contributed by atoms with Gasteiger partial charge >= 0.3 is 0 Å². The summed E-state index contributed by atoms with van der Waals surface area (Å²) in [6.45, 7) is 3.29. The minimum Gasteiger partial charge on any atom is -0.338 e. The summed E-state index contributed by atoms with van der Waals surface area (Å²) in [5.74, 6) is 0.881.